The van der Waals surface area contributed by atoms with Gasteiger partial charge in [0.05, 0.1) is 12.8 Å². The fraction of sp³-hybridized carbons (Fsp3) is 0.458. The van der Waals surface area contributed by atoms with Gasteiger partial charge in [0.25, 0.3) is 0 Å². The number of nitrogens with one attached hydrogen (secondary N) is 1. The standard InChI is InChI=1S/C24H32N4O2/c1-17-5-4-6-19(25-17)14-28-11-10-27(15-20(28)9-12-29)16-24-18(2)22-13-21(30-3)7-8-23(22)26-24/h4-8,13,20,26,29H,9-12,14-16H2,1-3H3/t20-/m0/s1. The Kier molecular flexibility index (Phi) is 6.37. The normalized spacial score (nSPS) is 18.2. The minimum Gasteiger partial charge on any atom is -0.497 e. The average Bonchev–Trinajstić information content (AvgIpc) is 3.05. The molecule has 6 heteroatoms. The Morgan fingerprint density at radius 3 is 2.80 bits per heavy atom. The summed E-state index contributed by atoms with van der Waals surface area (Å²) < 4.78 is 5.39. The van der Waals surface area contributed by atoms with Gasteiger partial charge >= 0.3 is 0 Å². The van der Waals surface area contributed by atoms with E-state index in [4.69, 9.17) is 4.74 Å². The predicted molar refractivity (Wildman–Crippen MR) is 120 cm³/mol. The number of aliphatic hydroxyl groups excluding tert-OH is 1. The van der Waals surface area contributed by atoms with E-state index in [0.717, 1.165) is 61.8 Å². The molecule has 1 atom stereocenters. The Morgan fingerprint density at radius 2 is 2.03 bits per heavy atom. The average molecular weight is 409 g/mol. The molecule has 2 N–H and O–H groups in total. The number of nitrogens with zero attached hydrogens (tertiary/aromatic N) is 3. The van der Waals surface area contributed by atoms with Gasteiger partial charge in [-0.3, -0.25) is 14.8 Å². The smallest absolute Gasteiger partial charge is 0.119 e. The molecule has 3 heterocycles. The van der Waals surface area contributed by atoms with Crippen LogP contribution in [0.1, 0.15) is 29.1 Å². The van der Waals surface area contributed by atoms with Crippen LogP contribution in [0.3, 0.4) is 0 Å². The number of pyridine rings is 1. The molecule has 0 amide bonds. The maximum absolute atomic E-state index is 9.63. The number of benzene rings is 1. The van der Waals surface area contributed by atoms with Crippen LogP contribution in [0.2, 0.25) is 0 Å². The molecular formula is C24H32N4O2. The Hall–Kier alpha value is -2.41. The van der Waals surface area contributed by atoms with Crippen LogP contribution in [0.5, 0.6) is 5.75 Å². The zero-order chi connectivity index (χ0) is 21.1. The zero-order valence-electron chi connectivity index (χ0n) is 18.2. The summed E-state index contributed by atoms with van der Waals surface area (Å²) >= 11 is 0. The van der Waals surface area contributed by atoms with Gasteiger partial charge in [-0.05, 0) is 56.2 Å². The van der Waals surface area contributed by atoms with E-state index in [1.807, 2.05) is 19.1 Å². The molecule has 1 fully saturated rings. The molecule has 6 nitrogen and oxygen atoms in total. The van der Waals surface area contributed by atoms with E-state index >= 15 is 0 Å². The Balaban J connectivity index is 1.46. The van der Waals surface area contributed by atoms with Crippen LogP contribution >= 0.6 is 0 Å². The van der Waals surface area contributed by atoms with Gasteiger partial charge < -0.3 is 14.8 Å². The van der Waals surface area contributed by atoms with Crippen molar-refractivity contribution in [2.24, 2.45) is 0 Å². The number of hydrogen-bond donors (Lipinski definition) is 2. The van der Waals surface area contributed by atoms with Crippen molar-refractivity contribution in [3.05, 3.63) is 59.0 Å². The number of fused-ring (bicyclic) bond motifs is 1. The predicted octanol–water partition coefficient (Wildman–Crippen LogP) is 3.26. The molecule has 0 aliphatic carbocycles. The third-order valence-electron chi connectivity index (χ3n) is 6.21. The first-order valence-corrected chi connectivity index (χ1v) is 10.7. The summed E-state index contributed by atoms with van der Waals surface area (Å²) in [5, 5.41) is 10.9. The van der Waals surface area contributed by atoms with Crippen LogP contribution in [0.15, 0.2) is 36.4 Å². The van der Waals surface area contributed by atoms with E-state index in [2.05, 4.69) is 51.0 Å². The topological polar surface area (TPSA) is 64.6 Å². The molecule has 1 aliphatic heterocycles. The van der Waals surface area contributed by atoms with Gasteiger partial charge in [0.1, 0.15) is 5.75 Å². The second kappa shape index (κ2) is 9.16. The maximum Gasteiger partial charge on any atom is 0.119 e. The number of aryl methyl sites for hydroxylation is 2. The molecule has 0 bridgehead atoms. The van der Waals surface area contributed by atoms with E-state index in [1.54, 1.807) is 7.11 Å². The fourth-order valence-corrected chi connectivity index (χ4v) is 4.50. The number of methoxy groups -OCH3 is 1. The number of aliphatic hydroxyl groups is 1. The van der Waals surface area contributed by atoms with Crippen molar-refractivity contribution >= 4 is 10.9 Å². The van der Waals surface area contributed by atoms with Gasteiger partial charge in [-0.2, -0.15) is 0 Å². The number of aromatic nitrogens is 2. The second-order valence-electron chi connectivity index (χ2n) is 8.28. The zero-order valence-corrected chi connectivity index (χ0v) is 18.2. The van der Waals surface area contributed by atoms with Gasteiger partial charge in [-0.25, -0.2) is 0 Å². The Labute approximate surface area is 178 Å². The Morgan fingerprint density at radius 1 is 1.17 bits per heavy atom. The lowest BCUT2D eigenvalue weighted by Gasteiger charge is -2.41. The second-order valence-corrected chi connectivity index (χ2v) is 8.28. The third kappa shape index (κ3) is 4.51. The largest absolute Gasteiger partial charge is 0.497 e. The fourth-order valence-electron chi connectivity index (χ4n) is 4.50. The van der Waals surface area contributed by atoms with Crippen LogP contribution < -0.4 is 4.74 Å². The summed E-state index contributed by atoms with van der Waals surface area (Å²) in [7, 11) is 1.71. The Bertz CT molecular complexity index is 1000. The van der Waals surface area contributed by atoms with Gasteiger partial charge in [0.2, 0.25) is 0 Å². The minimum atomic E-state index is 0.210. The van der Waals surface area contributed by atoms with Crippen molar-refractivity contribution < 1.29 is 9.84 Å². The summed E-state index contributed by atoms with van der Waals surface area (Å²) in [6.07, 6.45) is 0.783. The maximum atomic E-state index is 9.63. The van der Waals surface area contributed by atoms with Crippen molar-refractivity contribution in [2.75, 3.05) is 33.4 Å². The molecule has 0 unspecified atom stereocenters. The van der Waals surface area contributed by atoms with Crippen molar-refractivity contribution in [1.82, 2.24) is 19.8 Å². The van der Waals surface area contributed by atoms with E-state index in [0.29, 0.717) is 6.04 Å². The first-order chi connectivity index (χ1) is 14.6. The summed E-state index contributed by atoms with van der Waals surface area (Å²) in [5.41, 5.74) is 5.85. The van der Waals surface area contributed by atoms with Gasteiger partial charge in [-0.1, -0.05) is 6.07 Å². The highest BCUT2D eigenvalue weighted by molar-refractivity contribution is 5.85. The number of aromatic amines is 1. The lowest BCUT2D eigenvalue weighted by atomic mass is 10.1. The highest BCUT2D eigenvalue weighted by Crippen LogP contribution is 2.27. The molecular weight excluding hydrogens is 376 g/mol. The number of rotatable bonds is 7. The van der Waals surface area contributed by atoms with E-state index in [1.165, 1.54) is 16.6 Å². The molecule has 160 valence electrons. The molecule has 30 heavy (non-hydrogen) atoms. The van der Waals surface area contributed by atoms with Crippen molar-refractivity contribution in [1.29, 1.82) is 0 Å². The molecule has 1 saturated heterocycles. The molecule has 0 radical (unpaired) electrons. The lowest BCUT2D eigenvalue weighted by molar-refractivity contribution is 0.0486. The van der Waals surface area contributed by atoms with E-state index in [9.17, 15) is 5.11 Å². The summed E-state index contributed by atoms with van der Waals surface area (Å²) in [5.74, 6) is 0.887. The molecule has 2 aromatic heterocycles. The minimum absolute atomic E-state index is 0.210. The first-order valence-electron chi connectivity index (χ1n) is 10.7. The monoisotopic (exact) mass is 408 g/mol. The number of H-pyrrole nitrogens is 1. The molecule has 1 aromatic carbocycles. The van der Waals surface area contributed by atoms with Crippen LogP contribution in [0.25, 0.3) is 10.9 Å². The van der Waals surface area contributed by atoms with Crippen LogP contribution in [-0.4, -0.2) is 64.3 Å². The highest BCUT2D eigenvalue weighted by atomic mass is 16.5. The van der Waals surface area contributed by atoms with Gasteiger partial charge in [-0.15, -0.1) is 0 Å². The number of hydrogen-bond acceptors (Lipinski definition) is 5. The van der Waals surface area contributed by atoms with E-state index < -0.39 is 0 Å². The summed E-state index contributed by atoms with van der Waals surface area (Å²) in [4.78, 5) is 13.2. The lowest BCUT2D eigenvalue weighted by Crippen LogP contribution is -2.52. The van der Waals surface area contributed by atoms with Crippen molar-refractivity contribution in [3.63, 3.8) is 0 Å². The van der Waals surface area contributed by atoms with E-state index in [-0.39, 0.29) is 6.61 Å². The van der Waals surface area contributed by atoms with Crippen molar-refractivity contribution in [3.8, 4) is 5.75 Å². The number of piperazine rings is 1. The highest BCUT2D eigenvalue weighted by Gasteiger charge is 2.27. The SMILES string of the molecule is COc1ccc2[nH]c(CN3CCN(Cc4cccc(C)n4)[C@@H](CCO)C3)c(C)c2c1. The van der Waals surface area contributed by atoms with Crippen LogP contribution in [-0.2, 0) is 13.1 Å². The molecule has 3 aromatic rings. The molecule has 4 rings (SSSR count). The van der Waals surface area contributed by atoms with Crippen LogP contribution in [0, 0.1) is 13.8 Å². The molecule has 0 saturated carbocycles. The first kappa shape index (κ1) is 20.8. The van der Waals surface area contributed by atoms with Crippen molar-refractivity contribution in [2.45, 2.75) is 39.4 Å². The molecule has 0 spiro atoms. The quantitative estimate of drug-likeness (QED) is 0.628. The summed E-state index contributed by atoms with van der Waals surface area (Å²) in [6.45, 7) is 9.08. The van der Waals surface area contributed by atoms with Gasteiger partial charge in [0.15, 0.2) is 0 Å². The van der Waals surface area contributed by atoms with Gasteiger partial charge in [0, 0.05) is 67.7 Å². The summed E-state index contributed by atoms with van der Waals surface area (Å²) in [6, 6.07) is 12.7. The van der Waals surface area contributed by atoms with Crippen LogP contribution in [0.4, 0.5) is 0 Å². The third-order valence-corrected chi connectivity index (χ3v) is 6.21. The molecule has 1 aliphatic rings. The number of ether oxygens (including phenoxy) is 1.